The molecular weight excluding hydrogens is 310 g/mol. The highest BCUT2D eigenvalue weighted by molar-refractivity contribution is 5.96. The summed E-state index contributed by atoms with van der Waals surface area (Å²) < 4.78 is 0. The number of hydrogen-bond acceptors (Lipinski definition) is 2. The van der Waals surface area contributed by atoms with Crippen LogP contribution in [0, 0.1) is 5.41 Å². The standard InChI is InChI=1S/C22H27NO2/c1-6-9-15(7-2)20(25)23-13-12-22(5)17-10-8-11-18(24)16(17)14-19(23)21(22,3)4/h6-11,19,24H,1-2,12-14H2,3-5H3/b15-9+. The van der Waals surface area contributed by atoms with Gasteiger partial charge in [0.05, 0.1) is 0 Å². The van der Waals surface area contributed by atoms with Gasteiger partial charge in [-0.25, -0.2) is 0 Å². The number of allylic oxidation sites excluding steroid dienone is 2. The van der Waals surface area contributed by atoms with Crippen molar-refractivity contribution < 1.29 is 9.90 Å². The topological polar surface area (TPSA) is 40.5 Å². The van der Waals surface area contributed by atoms with Gasteiger partial charge in [0, 0.05) is 23.6 Å². The molecule has 1 amide bonds. The molecule has 1 fully saturated rings. The van der Waals surface area contributed by atoms with E-state index in [-0.39, 0.29) is 22.8 Å². The lowest BCUT2D eigenvalue weighted by atomic mass is 9.51. The van der Waals surface area contributed by atoms with Crippen LogP contribution >= 0.6 is 0 Å². The first-order chi connectivity index (χ1) is 11.8. The van der Waals surface area contributed by atoms with E-state index >= 15 is 0 Å². The Bertz CT molecular complexity index is 774. The largest absolute Gasteiger partial charge is 0.508 e. The van der Waals surface area contributed by atoms with Crippen LogP contribution in [-0.4, -0.2) is 28.5 Å². The molecule has 2 atom stereocenters. The summed E-state index contributed by atoms with van der Waals surface area (Å²) in [4.78, 5) is 15.1. The van der Waals surface area contributed by atoms with Gasteiger partial charge < -0.3 is 10.0 Å². The Morgan fingerprint density at radius 1 is 1.32 bits per heavy atom. The van der Waals surface area contributed by atoms with Crippen LogP contribution in [0.3, 0.4) is 0 Å². The van der Waals surface area contributed by atoms with Crippen LogP contribution in [0.1, 0.15) is 38.3 Å². The molecule has 0 aromatic heterocycles. The zero-order valence-electron chi connectivity index (χ0n) is 15.4. The van der Waals surface area contributed by atoms with Crippen molar-refractivity contribution in [1.82, 2.24) is 4.90 Å². The van der Waals surface area contributed by atoms with Crippen LogP contribution in [0.25, 0.3) is 0 Å². The quantitative estimate of drug-likeness (QED) is 0.665. The molecule has 1 heterocycles. The van der Waals surface area contributed by atoms with Gasteiger partial charge in [-0.1, -0.05) is 64.3 Å². The van der Waals surface area contributed by atoms with Gasteiger partial charge in [0.15, 0.2) is 0 Å². The average Bonchev–Trinajstić information content (AvgIpc) is 2.56. The maximum Gasteiger partial charge on any atom is 0.254 e. The normalized spacial score (nSPS) is 27.4. The van der Waals surface area contributed by atoms with Crippen LogP contribution in [0.4, 0.5) is 0 Å². The van der Waals surface area contributed by atoms with Crippen LogP contribution in [0.5, 0.6) is 5.75 Å². The number of nitrogens with zero attached hydrogens (tertiary/aromatic N) is 1. The highest BCUT2D eigenvalue weighted by Crippen LogP contribution is 2.57. The number of fused-ring (bicyclic) bond motifs is 4. The molecule has 25 heavy (non-hydrogen) atoms. The summed E-state index contributed by atoms with van der Waals surface area (Å²) >= 11 is 0. The maximum absolute atomic E-state index is 13.1. The molecule has 0 spiro atoms. The second kappa shape index (κ2) is 5.91. The minimum absolute atomic E-state index is 0.00565. The molecule has 2 bridgehead atoms. The third-order valence-electron chi connectivity index (χ3n) is 6.65. The van der Waals surface area contributed by atoms with Crippen LogP contribution in [0.2, 0.25) is 0 Å². The number of amides is 1. The van der Waals surface area contributed by atoms with Gasteiger partial charge in [0.2, 0.25) is 0 Å². The zero-order valence-corrected chi connectivity index (χ0v) is 15.4. The minimum atomic E-state index is -0.0951. The third kappa shape index (κ3) is 2.37. The second-order valence-electron chi connectivity index (χ2n) is 7.89. The van der Waals surface area contributed by atoms with E-state index in [4.69, 9.17) is 0 Å². The molecule has 0 saturated carbocycles. The van der Waals surface area contributed by atoms with E-state index < -0.39 is 0 Å². The molecule has 0 radical (unpaired) electrons. The molecule has 3 nitrogen and oxygen atoms in total. The fraction of sp³-hybridized carbons (Fsp3) is 0.409. The summed E-state index contributed by atoms with van der Waals surface area (Å²) in [6.45, 7) is 14.9. The van der Waals surface area contributed by atoms with Crippen molar-refractivity contribution in [1.29, 1.82) is 0 Å². The van der Waals surface area contributed by atoms with Crippen LogP contribution in [-0.2, 0) is 16.6 Å². The number of likely N-dealkylation sites (tertiary alicyclic amines) is 1. The number of carbonyl (C=O) groups excluding carboxylic acids is 1. The van der Waals surface area contributed by atoms with Crippen molar-refractivity contribution in [2.45, 2.75) is 45.1 Å². The van der Waals surface area contributed by atoms with Crippen molar-refractivity contribution in [3.8, 4) is 5.75 Å². The smallest absolute Gasteiger partial charge is 0.254 e. The van der Waals surface area contributed by atoms with Crippen molar-refractivity contribution in [3.63, 3.8) is 0 Å². The molecule has 3 heteroatoms. The molecule has 2 unspecified atom stereocenters. The number of benzene rings is 1. The molecule has 1 aliphatic heterocycles. The van der Waals surface area contributed by atoms with Crippen LogP contribution in [0.15, 0.2) is 55.2 Å². The van der Waals surface area contributed by atoms with Crippen molar-refractivity contribution >= 4 is 5.91 Å². The van der Waals surface area contributed by atoms with Gasteiger partial charge in [0.25, 0.3) is 5.91 Å². The molecule has 1 aliphatic carbocycles. The fourth-order valence-corrected chi connectivity index (χ4v) is 4.69. The highest BCUT2D eigenvalue weighted by atomic mass is 16.3. The average molecular weight is 337 g/mol. The lowest BCUT2D eigenvalue weighted by Crippen LogP contribution is -2.65. The van der Waals surface area contributed by atoms with Crippen molar-refractivity contribution in [3.05, 3.63) is 66.3 Å². The zero-order chi connectivity index (χ0) is 18.4. The Kier molecular flexibility index (Phi) is 4.14. The summed E-state index contributed by atoms with van der Waals surface area (Å²) in [7, 11) is 0. The Balaban J connectivity index is 2.10. The number of phenolic OH excluding ortho intramolecular Hbond substituents is 1. The second-order valence-corrected chi connectivity index (χ2v) is 7.89. The number of hydrogen-bond donors (Lipinski definition) is 1. The van der Waals surface area contributed by atoms with E-state index in [0.29, 0.717) is 24.3 Å². The predicted molar refractivity (Wildman–Crippen MR) is 102 cm³/mol. The molecular formula is C22H27NO2. The predicted octanol–water partition coefficient (Wildman–Crippen LogP) is 4.13. The molecule has 1 saturated heterocycles. The fourth-order valence-electron chi connectivity index (χ4n) is 4.69. The summed E-state index contributed by atoms with van der Waals surface area (Å²) in [5.74, 6) is 0.331. The first kappa shape index (κ1) is 17.5. The van der Waals surface area contributed by atoms with Gasteiger partial charge in [-0.3, -0.25) is 4.79 Å². The number of phenols is 1. The molecule has 132 valence electrons. The van der Waals surface area contributed by atoms with E-state index in [2.05, 4.69) is 40.0 Å². The third-order valence-corrected chi connectivity index (χ3v) is 6.65. The van der Waals surface area contributed by atoms with Crippen molar-refractivity contribution in [2.75, 3.05) is 6.54 Å². The van der Waals surface area contributed by atoms with Gasteiger partial charge in [-0.05, 0) is 35.4 Å². The number of carbonyl (C=O) groups is 1. The Hall–Kier alpha value is -2.29. The number of piperidine rings is 1. The summed E-state index contributed by atoms with van der Waals surface area (Å²) in [6, 6.07) is 5.84. The van der Waals surface area contributed by atoms with E-state index in [1.807, 2.05) is 11.0 Å². The lowest BCUT2D eigenvalue weighted by molar-refractivity contribution is -0.139. The van der Waals surface area contributed by atoms with E-state index in [1.54, 1.807) is 24.3 Å². The SMILES string of the molecule is C=C/C=C(\C=C)C(=O)N1CCC2(C)c3cccc(O)c3CC1C2(C)C. The van der Waals surface area contributed by atoms with Gasteiger partial charge in [0.1, 0.15) is 5.75 Å². The highest BCUT2D eigenvalue weighted by Gasteiger charge is 2.57. The minimum Gasteiger partial charge on any atom is -0.508 e. The van der Waals surface area contributed by atoms with Gasteiger partial charge >= 0.3 is 0 Å². The molecule has 1 aromatic carbocycles. The van der Waals surface area contributed by atoms with E-state index in [1.165, 1.54) is 5.56 Å². The molecule has 2 aliphatic rings. The first-order valence-electron chi connectivity index (χ1n) is 8.85. The maximum atomic E-state index is 13.1. The number of rotatable bonds is 3. The molecule has 1 aromatic rings. The van der Waals surface area contributed by atoms with E-state index in [9.17, 15) is 9.90 Å². The summed E-state index contributed by atoms with van der Waals surface area (Å²) in [6.07, 6.45) is 6.48. The van der Waals surface area contributed by atoms with E-state index in [0.717, 1.165) is 12.0 Å². The molecule has 3 rings (SSSR count). The Labute approximate surface area is 150 Å². The Morgan fingerprint density at radius 2 is 2.04 bits per heavy atom. The van der Waals surface area contributed by atoms with Crippen LogP contribution < -0.4 is 0 Å². The summed E-state index contributed by atoms with van der Waals surface area (Å²) in [5, 5.41) is 10.4. The monoisotopic (exact) mass is 337 g/mol. The van der Waals surface area contributed by atoms with Crippen molar-refractivity contribution in [2.24, 2.45) is 5.41 Å². The Morgan fingerprint density at radius 3 is 2.68 bits per heavy atom. The lowest BCUT2D eigenvalue weighted by Gasteiger charge is -2.60. The van der Waals surface area contributed by atoms with Gasteiger partial charge in [-0.15, -0.1) is 0 Å². The summed E-state index contributed by atoms with van der Waals surface area (Å²) in [5.41, 5.74) is 2.61. The van der Waals surface area contributed by atoms with Gasteiger partial charge in [-0.2, -0.15) is 0 Å². The first-order valence-corrected chi connectivity index (χ1v) is 8.85. The number of aromatic hydroxyl groups is 1. The molecule has 1 N–H and O–H groups in total.